The molecule has 1 heterocycles. The van der Waals surface area contributed by atoms with Gasteiger partial charge >= 0.3 is 0 Å². The number of rotatable bonds is 6. The quantitative estimate of drug-likeness (QED) is 0.838. The van der Waals surface area contributed by atoms with E-state index in [1.165, 1.54) is 12.1 Å². The molecule has 1 aliphatic heterocycles. The van der Waals surface area contributed by atoms with E-state index in [1.807, 2.05) is 24.3 Å². The first-order chi connectivity index (χ1) is 12.3. The zero-order chi connectivity index (χ0) is 18.7. The number of sulfonamides is 1. The number of hydrogen-bond donors (Lipinski definition) is 1. The van der Waals surface area contributed by atoms with Crippen LogP contribution in [0.5, 0.6) is 5.75 Å². The first-order valence-corrected chi connectivity index (χ1v) is 10.0. The molecule has 3 rings (SSSR count). The van der Waals surface area contributed by atoms with E-state index in [1.54, 1.807) is 26.0 Å². The minimum absolute atomic E-state index is 0.273. The van der Waals surface area contributed by atoms with E-state index < -0.39 is 21.3 Å². The van der Waals surface area contributed by atoms with Crippen molar-refractivity contribution in [1.29, 1.82) is 0 Å². The van der Waals surface area contributed by atoms with Gasteiger partial charge in [0.15, 0.2) is 0 Å². The van der Waals surface area contributed by atoms with Gasteiger partial charge in [-0.2, -0.15) is 0 Å². The van der Waals surface area contributed by atoms with Gasteiger partial charge < -0.3 is 9.47 Å². The second kappa shape index (κ2) is 7.73. The molecule has 2 aromatic carbocycles. The molecule has 1 aliphatic rings. The van der Waals surface area contributed by atoms with Crippen LogP contribution in [0, 0.1) is 5.82 Å². The molecule has 0 aliphatic carbocycles. The molecule has 2 unspecified atom stereocenters. The van der Waals surface area contributed by atoms with E-state index in [0.29, 0.717) is 12.4 Å². The monoisotopic (exact) mass is 379 g/mol. The number of nitrogens with one attached hydrogen (secondary N) is 1. The molecule has 0 aromatic heterocycles. The second-order valence-corrected chi connectivity index (χ2v) is 8.81. The molecule has 7 heteroatoms. The molecular weight excluding hydrogens is 357 g/mol. The molecule has 2 aromatic rings. The summed E-state index contributed by atoms with van der Waals surface area (Å²) in [7, 11) is -3.39. The number of benzene rings is 2. The predicted molar refractivity (Wildman–Crippen MR) is 98.1 cm³/mol. The van der Waals surface area contributed by atoms with Crippen molar-refractivity contribution in [3.8, 4) is 16.9 Å². The van der Waals surface area contributed by atoms with Gasteiger partial charge in [-0.15, -0.1) is 0 Å². The molecule has 0 spiro atoms. The van der Waals surface area contributed by atoms with Gasteiger partial charge in [0, 0.05) is 0 Å². The van der Waals surface area contributed by atoms with Crippen molar-refractivity contribution in [2.45, 2.75) is 31.2 Å². The zero-order valence-corrected chi connectivity index (χ0v) is 15.5. The van der Waals surface area contributed by atoms with Crippen LogP contribution in [-0.4, -0.2) is 39.0 Å². The fourth-order valence-corrected chi connectivity index (χ4v) is 3.56. The van der Waals surface area contributed by atoms with Gasteiger partial charge in [0.25, 0.3) is 0 Å². The van der Waals surface area contributed by atoms with E-state index in [2.05, 4.69) is 4.72 Å². The van der Waals surface area contributed by atoms with Crippen LogP contribution in [-0.2, 0) is 14.8 Å². The normalized spacial score (nSPS) is 20.5. The number of hydrogen-bond acceptors (Lipinski definition) is 4. The maximum atomic E-state index is 13.0. The number of halogens is 1. The Balaban J connectivity index is 1.67. The van der Waals surface area contributed by atoms with Crippen molar-refractivity contribution < 1.29 is 22.3 Å². The van der Waals surface area contributed by atoms with Gasteiger partial charge in [-0.25, -0.2) is 17.5 Å². The Hall–Kier alpha value is -1.96. The first-order valence-electron chi connectivity index (χ1n) is 8.47. The Morgan fingerprint density at radius 1 is 1.04 bits per heavy atom. The Kier molecular flexibility index (Phi) is 5.60. The Labute approximate surface area is 153 Å². The summed E-state index contributed by atoms with van der Waals surface area (Å²) in [4.78, 5) is 0. The molecule has 1 saturated heterocycles. The standard InChI is InChI=1S/C19H22FNO4S/c1-13(2)26(22,23)21-18-11-24-12-19(18)25-17-9-5-15(6-10-17)14-3-7-16(20)8-4-14/h3-10,13,18-19,21H,11-12H2,1-2H3. The summed E-state index contributed by atoms with van der Waals surface area (Å²) in [5, 5.41) is -0.515. The van der Waals surface area contributed by atoms with E-state index in [0.717, 1.165) is 11.1 Å². The lowest BCUT2D eigenvalue weighted by molar-refractivity contribution is 0.140. The summed E-state index contributed by atoms with van der Waals surface area (Å²) < 4.78 is 51.1. The average Bonchev–Trinajstić information content (AvgIpc) is 3.02. The molecule has 0 bridgehead atoms. The average molecular weight is 379 g/mol. The maximum absolute atomic E-state index is 13.0. The number of ether oxygens (including phenoxy) is 2. The molecule has 0 amide bonds. The molecule has 0 saturated carbocycles. The van der Waals surface area contributed by atoms with Crippen molar-refractivity contribution in [2.75, 3.05) is 13.2 Å². The molecule has 0 radical (unpaired) electrons. The highest BCUT2D eigenvalue weighted by atomic mass is 32.2. The smallest absolute Gasteiger partial charge is 0.214 e. The Morgan fingerprint density at radius 2 is 1.62 bits per heavy atom. The first kappa shape index (κ1) is 18.8. The minimum atomic E-state index is -3.39. The van der Waals surface area contributed by atoms with Crippen molar-refractivity contribution in [3.63, 3.8) is 0 Å². The highest BCUT2D eigenvalue weighted by Gasteiger charge is 2.34. The van der Waals surface area contributed by atoms with Gasteiger partial charge in [0.05, 0.1) is 24.5 Å². The van der Waals surface area contributed by atoms with Crippen LogP contribution in [0.2, 0.25) is 0 Å². The predicted octanol–water partition coefficient (Wildman–Crippen LogP) is 2.97. The van der Waals surface area contributed by atoms with E-state index in [4.69, 9.17) is 9.47 Å². The van der Waals surface area contributed by atoms with Crippen molar-refractivity contribution in [1.82, 2.24) is 4.72 Å². The SMILES string of the molecule is CC(C)S(=O)(=O)NC1COCC1Oc1ccc(-c2ccc(F)cc2)cc1. The molecule has 5 nitrogen and oxygen atoms in total. The summed E-state index contributed by atoms with van der Waals surface area (Å²) in [6.07, 6.45) is -0.389. The van der Waals surface area contributed by atoms with Gasteiger partial charge in [0.1, 0.15) is 17.7 Å². The Morgan fingerprint density at radius 3 is 2.19 bits per heavy atom. The van der Waals surface area contributed by atoms with E-state index in [-0.39, 0.29) is 18.5 Å². The summed E-state index contributed by atoms with van der Waals surface area (Å²) in [5.74, 6) is 0.352. The Bertz CT molecular complexity index is 835. The fourth-order valence-electron chi connectivity index (χ4n) is 2.65. The highest BCUT2D eigenvalue weighted by Crippen LogP contribution is 2.24. The van der Waals surface area contributed by atoms with Crippen molar-refractivity contribution >= 4 is 10.0 Å². The third-order valence-electron chi connectivity index (χ3n) is 4.28. The van der Waals surface area contributed by atoms with Gasteiger partial charge in [-0.05, 0) is 49.2 Å². The summed E-state index contributed by atoms with van der Waals surface area (Å²) in [6, 6.07) is 13.2. The third-order valence-corrected chi connectivity index (χ3v) is 6.16. The highest BCUT2D eigenvalue weighted by molar-refractivity contribution is 7.90. The summed E-state index contributed by atoms with van der Waals surface area (Å²) in [5.41, 5.74) is 1.85. The summed E-state index contributed by atoms with van der Waals surface area (Å²) in [6.45, 7) is 3.86. The van der Waals surface area contributed by atoms with Crippen LogP contribution >= 0.6 is 0 Å². The van der Waals surface area contributed by atoms with Crippen LogP contribution in [0.25, 0.3) is 11.1 Å². The third kappa shape index (κ3) is 4.41. The van der Waals surface area contributed by atoms with Crippen LogP contribution in [0.4, 0.5) is 4.39 Å². The molecule has 1 fully saturated rings. The maximum Gasteiger partial charge on any atom is 0.214 e. The second-order valence-electron chi connectivity index (χ2n) is 6.54. The molecular formula is C19H22FNO4S. The summed E-state index contributed by atoms with van der Waals surface area (Å²) >= 11 is 0. The van der Waals surface area contributed by atoms with Gasteiger partial charge in [-0.1, -0.05) is 24.3 Å². The van der Waals surface area contributed by atoms with Gasteiger partial charge in [0.2, 0.25) is 10.0 Å². The molecule has 2 atom stereocenters. The molecule has 26 heavy (non-hydrogen) atoms. The lowest BCUT2D eigenvalue weighted by atomic mass is 10.1. The topological polar surface area (TPSA) is 64.6 Å². The lowest BCUT2D eigenvalue weighted by Crippen LogP contribution is -2.47. The molecule has 1 N–H and O–H groups in total. The lowest BCUT2D eigenvalue weighted by Gasteiger charge is -2.21. The largest absolute Gasteiger partial charge is 0.486 e. The zero-order valence-electron chi connectivity index (χ0n) is 14.7. The van der Waals surface area contributed by atoms with E-state index in [9.17, 15) is 12.8 Å². The van der Waals surface area contributed by atoms with Crippen LogP contribution in [0.1, 0.15) is 13.8 Å². The molecule has 140 valence electrons. The van der Waals surface area contributed by atoms with Crippen molar-refractivity contribution in [2.24, 2.45) is 0 Å². The van der Waals surface area contributed by atoms with E-state index >= 15 is 0 Å². The minimum Gasteiger partial charge on any atom is -0.486 e. The van der Waals surface area contributed by atoms with Crippen molar-refractivity contribution in [3.05, 3.63) is 54.3 Å². The van der Waals surface area contributed by atoms with Crippen LogP contribution in [0.15, 0.2) is 48.5 Å². The van der Waals surface area contributed by atoms with Crippen LogP contribution in [0.3, 0.4) is 0 Å². The fraction of sp³-hybridized carbons (Fsp3) is 0.368. The van der Waals surface area contributed by atoms with Crippen LogP contribution < -0.4 is 9.46 Å². The van der Waals surface area contributed by atoms with Gasteiger partial charge in [-0.3, -0.25) is 0 Å².